The van der Waals surface area contributed by atoms with Gasteiger partial charge in [-0.2, -0.15) is 0 Å². The molecule has 0 aromatic heterocycles. The maximum Gasteiger partial charge on any atom is 0.329 e. The van der Waals surface area contributed by atoms with E-state index in [2.05, 4.69) is 15.3 Å². The van der Waals surface area contributed by atoms with Crippen molar-refractivity contribution in [3.8, 4) is 5.75 Å². The Morgan fingerprint density at radius 2 is 2.09 bits per heavy atom. The summed E-state index contributed by atoms with van der Waals surface area (Å²) in [5.74, 6) is 0.0663. The molecule has 0 radical (unpaired) electrons. The standard InChI is InChI=1S/C16H22N4O3/c1-9-13(19-20-17)11-8-10(22-5)6-7-12(11)18-14(9)15(21)23-16(2,3)4/h6-9,13-14,18H,1-5H3. The largest absolute Gasteiger partial charge is 0.497 e. The molecule has 2 rings (SSSR count). The van der Waals surface area contributed by atoms with Crippen LogP contribution in [0, 0.1) is 5.92 Å². The van der Waals surface area contributed by atoms with E-state index in [4.69, 9.17) is 15.0 Å². The van der Waals surface area contributed by atoms with Crippen molar-refractivity contribution in [3.05, 3.63) is 34.2 Å². The number of rotatable bonds is 3. The summed E-state index contributed by atoms with van der Waals surface area (Å²) in [5.41, 5.74) is 9.88. The molecule has 0 saturated heterocycles. The van der Waals surface area contributed by atoms with Gasteiger partial charge < -0.3 is 14.8 Å². The van der Waals surface area contributed by atoms with Gasteiger partial charge in [0.25, 0.3) is 0 Å². The summed E-state index contributed by atoms with van der Waals surface area (Å²) in [6.07, 6.45) is 0. The highest BCUT2D eigenvalue weighted by atomic mass is 16.6. The van der Waals surface area contributed by atoms with Crippen LogP contribution >= 0.6 is 0 Å². The number of fused-ring (bicyclic) bond motifs is 1. The minimum atomic E-state index is -0.578. The number of anilines is 1. The zero-order valence-electron chi connectivity index (χ0n) is 14.0. The lowest BCUT2D eigenvalue weighted by atomic mass is 9.84. The van der Waals surface area contributed by atoms with Crippen LogP contribution in [0.4, 0.5) is 5.69 Å². The molecule has 1 aliphatic rings. The summed E-state index contributed by atoms with van der Waals surface area (Å²) >= 11 is 0. The van der Waals surface area contributed by atoms with E-state index in [1.54, 1.807) is 13.2 Å². The van der Waals surface area contributed by atoms with Crippen molar-refractivity contribution in [3.63, 3.8) is 0 Å². The van der Waals surface area contributed by atoms with Gasteiger partial charge in [0.05, 0.1) is 13.2 Å². The number of azide groups is 1. The highest BCUT2D eigenvalue weighted by Gasteiger charge is 2.39. The molecule has 1 aromatic rings. The Labute approximate surface area is 135 Å². The van der Waals surface area contributed by atoms with Gasteiger partial charge in [-0.25, -0.2) is 4.79 Å². The van der Waals surface area contributed by atoms with Gasteiger partial charge in [0.15, 0.2) is 0 Å². The van der Waals surface area contributed by atoms with Crippen molar-refractivity contribution in [2.45, 2.75) is 45.4 Å². The molecule has 0 bridgehead atoms. The van der Waals surface area contributed by atoms with Crippen molar-refractivity contribution in [1.82, 2.24) is 0 Å². The molecule has 124 valence electrons. The number of carbonyl (C=O) groups excluding carboxylic acids is 1. The molecule has 7 heteroatoms. The van der Waals surface area contributed by atoms with Crippen LogP contribution in [0.15, 0.2) is 23.3 Å². The maximum atomic E-state index is 12.5. The maximum absolute atomic E-state index is 12.5. The smallest absolute Gasteiger partial charge is 0.329 e. The number of hydrogen-bond acceptors (Lipinski definition) is 5. The summed E-state index contributed by atoms with van der Waals surface area (Å²) in [7, 11) is 1.58. The number of esters is 1. The number of methoxy groups -OCH3 is 1. The number of nitrogens with one attached hydrogen (secondary N) is 1. The number of benzene rings is 1. The molecule has 3 atom stereocenters. The summed E-state index contributed by atoms with van der Waals surface area (Å²) in [6, 6.07) is 4.39. The van der Waals surface area contributed by atoms with E-state index in [9.17, 15) is 4.79 Å². The molecule has 0 spiro atoms. The van der Waals surface area contributed by atoms with E-state index >= 15 is 0 Å². The first-order valence-electron chi connectivity index (χ1n) is 7.48. The van der Waals surface area contributed by atoms with Crippen molar-refractivity contribution >= 4 is 11.7 Å². The summed E-state index contributed by atoms with van der Waals surface area (Å²) < 4.78 is 10.7. The Balaban J connectivity index is 2.40. The number of ether oxygens (including phenoxy) is 2. The third-order valence-corrected chi connectivity index (χ3v) is 3.75. The Bertz CT molecular complexity index is 647. The summed E-state index contributed by atoms with van der Waals surface area (Å²) in [6.45, 7) is 7.33. The van der Waals surface area contributed by atoms with Crippen LogP contribution in [0.25, 0.3) is 10.4 Å². The van der Waals surface area contributed by atoms with Crippen LogP contribution in [0.3, 0.4) is 0 Å². The van der Waals surface area contributed by atoms with Gasteiger partial charge in [-0.15, -0.1) is 0 Å². The Kier molecular flexibility index (Phi) is 4.71. The first-order valence-corrected chi connectivity index (χ1v) is 7.48. The number of nitrogens with zero attached hydrogens (tertiary/aromatic N) is 3. The van der Waals surface area contributed by atoms with E-state index in [-0.39, 0.29) is 11.9 Å². The van der Waals surface area contributed by atoms with Gasteiger partial charge in [-0.05, 0) is 56.0 Å². The molecule has 0 fully saturated rings. The molecule has 7 nitrogen and oxygen atoms in total. The van der Waals surface area contributed by atoms with Crippen LogP contribution in [-0.2, 0) is 9.53 Å². The van der Waals surface area contributed by atoms with Gasteiger partial charge in [-0.1, -0.05) is 12.0 Å². The molecule has 23 heavy (non-hydrogen) atoms. The van der Waals surface area contributed by atoms with Crippen molar-refractivity contribution < 1.29 is 14.3 Å². The first kappa shape index (κ1) is 17.0. The third-order valence-electron chi connectivity index (χ3n) is 3.75. The molecular formula is C16H22N4O3. The normalized spacial score (nSPS) is 23.1. The lowest BCUT2D eigenvalue weighted by molar-refractivity contribution is -0.157. The van der Waals surface area contributed by atoms with Crippen LogP contribution < -0.4 is 10.1 Å². The SMILES string of the molecule is COc1ccc2c(c1)C(N=[N+]=[N-])C(C)C(C(=O)OC(C)(C)C)N2. The van der Waals surface area contributed by atoms with Crippen LogP contribution in [0.5, 0.6) is 5.75 Å². The van der Waals surface area contributed by atoms with Crippen LogP contribution in [0.2, 0.25) is 0 Å². The van der Waals surface area contributed by atoms with E-state index in [0.717, 1.165) is 11.3 Å². The highest BCUT2D eigenvalue weighted by molar-refractivity contribution is 5.82. The predicted octanol–water partition coefficient (Wildman–Crippen LogP) is 3.82. The predicted molar refractivity (Wildman–Crippen MR) is 87.3 cm³/mol. The molecule has 0 aliphatic carbocycles. The van der Waals surface area contributed by atoms with Crippen LogP contribution in [-0.4, -0.2) is 24.7 Å². The topological polar surface area (TPSA) is 96.3 Å². The zero-order chi connectivity index (χ0) is 17.2. The fourth-order valence-electron chi connectivity index (χ4n) is 2.67. The Morgan fingerprint density at radius 1 is 1.39 bits per heavy atom. The fraction of sp³-hybridized carbons (Fsp3) is 0.562. The average Bonchev–Trinajstić information content (AvgIpc) is 2.47. The molecule has 0 saturated carbocycles. The number of carbonyl (C=O) groups is 1. The van der Waals surface area contributed by atoms with E-state index < -0.39 is 17.7 Å². The summed E-state index contributed by atoms with van der Waals surface area (Å²) in [5, 5.41) is 7.08. The highest BCUT2D eigenvalue weighted by Crippen LogP contribution is 2.41. The summed E-state index contributed by atoms with van der Waals surface area (Å²) in [4.78, 5) is 15.4. The molecule has 1 heterocycles. The monoisotopic (exact) mass is 318 g/mol. The molecule has 1 aromatic carbocycles. The van der Waals surface area contributed by atoms with Gasteiger partial charge in [0, 0.05) is 10.6 Å². The number of hydrogen-bond donors (Lipinski definition) is 1. The first-order chi connectivity index (χ1) is 10.8. The van der Waals surface area contributed by atoms with Gasteiger partial charge in [0.1, 0.15) is 17.4 Å². The van der Waals surface area contributed by atoms with Gasteiger partial charge in [0.2, 0.25) is 0 Å². The van der Waals surface area contributed by atoms with Crippen LogP contribution in [0.1, 0.15) is 39.3 Å². The van der Waals surface area contributed by atoms with E-state index in [0.29, 0.717) is 5.75 Å². The minimum Gasteiger partial charge on any atom is -0.497 e. The molecule has 3 unspecified atom stereocenters. The second kappa shape index (κ2) is 6.38. The molecule has 1 aliphatic heterocycles. The van der Waals surface area contributed by atoms with Crippen molar-refractivity contribution in [2.75, 3.05) is 12.4 Å². The van der Waals surface area contributed by atoms with Gasteiger partial charge >= 0.3 is 5.97 Å². The Hall–Kier alpha value is -2.40. The second-order valence-electron chi connectivity index (χ2n) is 6.62. The van der Waals surface area contributed by atoms with Crippen molar-refractivity contribution in [1.29, 1.82) is 0 Å². The average molecular weight is 318 g/mol. The fourth-order valence-corrected chi connectivity index (χ4v) is 2.67. The third kappa shape index (κ3) is 3.68. The quantitative estimate of drug-likeness (QED) is 0.396. The lowest BCUT2D eigenvalue weighted by Gasteiger charge is -2.36. The lowest BCUT2D eigenvalue weighted by Crippen LogP contribution is -2.45. The molecule has 0 amide bonds. The zero-order valence-corrected chi connectivity index (χ0v) is 14.0. The molecular weight excluding hydrogens is 296 g/mol. The minimum absolute atomic E-state index is 0.250. The van der Waals surface area contributed by atoms with E-state index in [1.165, 1.54) is 0 Å². The second-order valence-corrected chi connectivity index (χ2v) is 6.62. The van der Waals surface area contributed by atoms with Crippen molar-refractivity contribution in [2.24, 2.45) is 11.0 Å². The van der Waals surface area contributed by atoms with E-state index in [1.807, 2.05) is 39.8 Å². The molecule has 1 N–H and O–H groups in total. The van der Waals surface area contributed by atoms with Gasteiger partial charge in [-0.3, -0.25) is 0 Å². The Morgan fingerprint density at radius 3 is 2.65 bits per heavy atom.